The molecule has 0 aliphatic rings. The second-order valence-electron chi connectivity index (χ2n) is 4.65. The summed E-state index contributed by atoms with van der Waals surface area (Å²) < 4.78 is 12.5. The van der Waals surface area contributed by atoms with Crippen molar-refractivity contribution in [3.63, 3.8) is 0 Å². The van der Waals surface area contributed by atoms with Crippen molar-refractivity contribution >= 4 is 23.5 Å². The zero-order valence-electron chi connectivity index (χ0n) is 10.6. The molecule has 0 saturated heterocycles. The summed E-state index contributed by atoms with van der Waals surface area (Å²) in [4.78, 5) is 22.8. The Hall–Kier alpha value is -1.62. The normalized spacial score (nSPS) is 12.8. The summed E-state index contributed by atoms with van der Waals surface area (Å²) in [7, 11) is 0. The molecule has 0 aliphatic heterocycles. The summed E-state index contributed by atoms with van der Waals surface area (Å²) in [6, 6.07) is 5.14. The number of hydrogen-bond acceptors (Lipinski definition) is 2. The van der Waals surface area contributed by atoms with Gasteiger partial charge in [-0.3, -0.25) is 4.79 Å². The van der Waals surface area contributed by atoms with Crippen LogP contribution in [0.4, 0.5) is 4.39 Å². The maximum atomic E-state index is 12.5. The number of nitrogens with one attached hydrogen (secondary N) is 1. The molecule has 0 heterocycles. The minimum atomic E-state index is -1.54. The van der Waals surface area contributed by atoms with E-state index in [1.807, 2.05) is 0 Å². The zero-order valence-corrected chi connectivity index (χ0v) is 11.4. The Bertz CT molecular complexity index is 491. The molecule has 2 N–H and O–H groups in total. The minimum Gasteiger partial charge on any atom is -0.480 e. The summed E-state index contributed by atoms with van der Waals surface area (Å²) in [5, 5.41) is 11.4. The zero-order chi connectivity index (χ0) is 14.6. The highest BCUT2D eigenvalue weighted by Gasteiger charge is 2.33. The van der Waals surface area contributed by atoms with Crippen LogP contribution in [0, 0.1) is 0 Å². The number of hydrogen-bond donors (Lipinski definition) is 2. The highest BCUT2D eigenvalue weighted by molar-refractivity contribution is 6.30. The Kier molecular flexibility index (Phi) is 4.89. The van der Waals surface area contributed by atoms with Crippen molar-refractivity contribution in [2.75, 3.05) is 6.67 Å². The maximum Gasteiger partial charge on any atom is 0.328 e. The molecule has 6 heteroatoms. The largest absolute Gasteiger partial charge is 0.480 e. The van der Waals surface area contributed by atoms with E-state index < -0.39 is 30.0 Å². The molecule has 0 aromatic heterocycles. The second-order valence-corrected chi connectivity index (χ2v) is 5.09. The third-order valence-corrected chi connectivity index (χ3v) is 3.11. The van der Waals surface area contributed by atoms with Crippen LogP contribution < -0.4 is 5.32 Å². The highest BCUT2D eigenvalue weighted by atomic mass is 35.5. The first kappa shape index (κ1) is 15.4. The Morgan fingerprint density at radius 3 is 2.58 bits per heavy atom. The molecule has 0 aliphatic carbocycles. The molecule has 1 aromatic rings. The van der Waals surface area contributed by atoms with E-state index in [4.69, 9.17) is 16.7 Å². The first-order valence-corrected chi connectivity index (χ1v) is 6.02. The third kappa shape index (κ3) is 3.67. The molecule has 1 rings (SSSR count). The van der Waals surface area contributed by atoms with Crippen LogP contribution in [0.2, 0.25) is 5.02 Å². The molecule has 1 aromatic carbocycles. The van der Waals surface area contributed by atoms with Crippen LogP contribution in [-0.4, -0.2) is 29.7 Å². The first-order valence-electron chi connectivity index (χ1n) is 5.65. The van der Waals surface area contributed by atoms with Crippen molar-refractivity contribution in [1.29, 1.82) is 0 Å². The monoisotopic (exact) mass is 287 g/mol. The van der Waals surface area contributed by atoms with Crippen molar-refractivity contribution in [3.05, 3.63) is 34.9 Å². The number of carbonyl (C=O) groups excluding carboxylic acids is 1. The quantitative estimate of drug-likeness (QED) is 0.872. The highest BCUT2D eigenvalue weighted by Crippen LogP contribution is 2.25. The Morgan fingerprint density at radius 2 is 2.11 bits per heavy atom. The molecular formula is C13H15ClFNO3. The molecule has 0 bridgehead atoms. The maximum absolute atomic E-state index is 12.5. The lowest BCUT2D eigenvalue weighted by molar-refractivity contribution is -0.143. The van der Waals surface area contributed by atoms with Gasteiger partial charge in [-0.05, 0) is 31.5 Å². The van der Waals surface area contributed by atoms with Gasteiger partial charge in [0.2, 0.25) is 5.91 Å². The van der Waals surface area contributed by atoms with Gasteiger partial charge in [0.05, 0.1) is 5.41 Å². The van der Waals surface area contributed by atoms with Gasteiger partial charge in [-0.1, -0.05) is 23.7 Å². The van der Waals surface area contributed by atoms with Crippen LogP contribution in [0.25, 0.3) is 0 Å². The molecule has 0 saturated carbocycles. The number of carbonyl (C=O) groups is 2. The molecule has 104 valence electrons. The van der Waals surface area contributed by atoms with E-state index in [9.17, 15) is 14.0 Å². The molecule has 19 heavy (non-hydrogen) atoms. The topological polar surface area (TPSA) is 66.4 Å². The summed E-state index contributed by atoms with van der Waals surface area (Å²) in [5.41, 5.74) is -0.381. The van der Waals surface area contributed by atoms with Crippen LogP contribution in [-0.2, 0) is 15.0 Å². The Morgan fingerprint density at radius 1 is 1.47 bits per heavy atom. The van der Waals surface area contributed by atoms with Crippen LogP contribution in [0.15, 0.2) is 24.3 Å². The smallest absolute Gasteiger partial charge is 0.328 e. The lowest BCUT2D eigenvalue weighted by Gasteiger charge is -2.25. The number of amides is 1. The van der Waals surface area contributed by atoms with Crippen LogP contribution in [0.1, 0.15) is 19.4 Å². The number of alkyl halides is 1. The average molecular weight is 288 g/mol. The van der Waals surface area contributed by atoms with E-state index >= 15 is 0 Å². The number of halogens is 2. The number of rotatable bonds is 5. The van der Waals surface area contributed by atoms with Crippen molar-refractivity contribution in [3.8, 4) is 0 Å². The molecule has 1 amide bonds. The Labute approximate surface area is 115 Å². The fourth-order valence-corrected chi connectivity index (χ4v) is 1.70. The van der Waals surface area contributed by atoms with E-state index in [0.717, 1.165) is 0 Å². The van der Waals surface area contributed by atoms with Crippen molar-refractivity contribution < 1.29 is 19.1 Å². The lowest BCUT2D eigenvalue weighted by Crippen LogP contribution is -2.49. The van der Waals surface area contributed by atoms with E-state index in [2.05, 4.69) is 5.32 Å². The van der Waals surface area contributed by atoms with Crippen molar-refractivity contribution in [2.45, 2.75) is 25.3 Å². The van der Waals surface area contributed by atoms with Gasteiger partial charge in [0.1, 0.15) is 6.67 Å². The van der Waals surface area contributed by atoms with E-state index in [-0.39, 0.29) is 0 Å². The minimum absolute atomic E-state index is 0.471. The lowest BCUT2D eigenvalue weighted by atomic mass is 9.83. The molecule has 0 radical (unpaired) electrons. The number of benzene rings is 1. The summed E-state index contributed by atoms with van der Waals surface area (Å²) in [6.07, 6.45) is 0. The van der Waals surface area contributed by atoms with E-state index in [1.54, 1.807) is 38.1 Å². The molecule has 1 atom stereocenters. The van der Waals surface area contributed by atoms with Crippen LogP contribution >= 0.6 is 11.6 Å². The third-order valence-electron chi connectivity index (χ3n) is 2.87. The number of aliphatic carboxylic acids is 1. The molecule has 0 spiro atoms. The number of carboxylic acid groups (broad SMARTS) is 1. The van der Waals surface area contributed by atoms with Gasteiger partial charge in [0.25, 0.3) is 0 Å². The predicted molar refractivity (Wildman–Crippen MR) is 70.0 cm³/mol. The average Bonchev–Trinajstić information content (AvgIpc) is 2.35. The van der Waals surface area contributed by atoms with Crippen molar-refractivity contribution in [1.82, 2.24) is 5.32 Å². The Balaban J connectivity index is 2.93. The molecule has 0 fully saturated rings. The molecule has 4 nitrogen and oxygen atoms in total. The molecular weight excluding hydrogens is 273 g/mol. The fourth-order valence-electron chi connectivity index (χ4n) is 1.51. The SMILES string of the molecule is CC(C)(C(=O)NC(CF)C(=O)O)c1cccc(Cl)c1. The summed E-state index contributed by atoms with van der Waals surface area (Å²) >= 11 is 5.85. The van der Waals surface area contributed by atoms with Gasteiger partial charge in [-0.25, -0.2) is 9.18 Å². The van der Waals surface area contributed by atoms with Gasteiger partial charge in [0, 0.05) is 5.02 Å². The van der Waals surface area contributed by atoms with Gasteiger partial charge in [0.15, 0.2) is 6.04 Å². The second kappa shape index (κ2) is 6.02. The van der Waals surface area contributed by atoms with Gasteiger partial charge in [-0.2, -0.15) is 0 Å². The molecule has 1 unspecified atom stereocenters. The van der Waals surface area contributed by atoms with Crippen molar-refractivity contribution in [2.24, 2.45) is 0 Å². The van der Waals surface area contributed by atoms with E-state index in [1.165, 1.54) is 0 Å². The standard InChI is InChI=1S/C13H15ClFNO3/c1-13(2,8-4-3-5-9(14)6-8)12(19)16-10(7-15)11(17)18/h3-6,10H,7H2,1-2H3,(H,16,19)(H,17,18). The fraction of sp³-hybridized carbons (Fsp3) is 0.385. The summed E-state index contributed by atoms with van der Waals surface area (Å²) in [5.74, 6) is -1.97. The van der Waals surface area contributed by atoms with Crippen LogP contribution in [0.3, 0.4) is 0 Å². The van der Waals surface area contributed by atoms with E-state index in [0.29, 0.717) is 10.6 Å². The predicted octanol–water partition coefficient (Wildman–Crippen LogP) is 2.16. The summed E-state index contributed by atoms with van der Waals surface area (Å²) in [6.45, 7) is 2.07. The van der Waals surface area contributed by atoms with Gasteiger partial charge in [-0.15, -0.1) is 0 Å². The first-order chi connectivity index (χ1) is 8.78. The number of carboxylic acids is 1. The van der Waals surface area contributed by atoms with Gasteiger partial charge >= 0.3 is 5.97 Å². The van der Waals surface area contributed by atoms with Gasteiger partial charge < -0.3 is 10.4 Å². The van der Waals surface area contributed by atoms with Crippen LogP contribution in [0.5, 0.6) is 0 Å².